The van der Waals surface area contributed by atoms with Gasteiger partial charge in [0.25, 0.3) is 0 Å². The summed E-state index contributed by atoms with van der Waals surface area (Å²) in [6, 6.07) is 7.52. The van der Waals surface area contributed by atoms with Gasteiger partial charge in [0.15, 0.2) is 0 Å². The Balaban J connectivity index is 2.74. The van der Waals surface area contributed by atoms with Crippen molar-refractivity contribution in [3.63, 3.8) is 0 Å². The predicted octanol–water partition coefficient (Wildman–Crippen LogP) is 2.39. The fourth-order valence-corrected chi connectivity index (χ4v) is 2.23. The SMILES string of the molecule is COC(=O)C(C)Sc1cccc(C(C)O)c1. The standard InChI is InChI=1S/C12H16O3S/c1-8(13)10-5-4-6-11(7-10)16-9(2)12(14)15-3/h4-9,13H,1-3H3. The van der Waals surface area contributed by atoms with Crippen LogP contribution in [0.2, 0.25) is 0 Å². The number of carbonyl (C=O) groups excluding carboxylic acids is 1. The first kappa shape index (κ1) is 13.1. The number of hydrogen-bond donors (Lipinski definition) is 1. The van der Waals surface area contributed by atoms with Gasteiger partial charge in [-0.15, -0.1) is 11.8 Å². The van der Waals surface area contributed by atoms with Crippen LogP contribution in [0.15, 0.2) is 29.2 Å². The quantitative estimate of drug-likeness (QED) is 0.648. The summed E-state index contributed by atoms with van der Waals surface area (Å²) in [6.45, 7) is 3.51. The van der Waals surface area contributed by atoms with Gasteiger partial charge in [0.2, 0.25) is 0 Å². The van der Waals surface area contributed by atoms with E-state index < -0.39 is 6.10 Å². The molecule has 0 aliphatic heterocycles. The number of methoxy groups -OCH3 is 1. The van der Waals surface area contributed by atoms with Gasteiger partial charge in [0, 0.05) is 4.90 Å². The van der Waals surface area contributed by atoms with Crippen molar-refractivity contribution in [2.75, 3.05) is 7.11 Å². The Labute approximate surface area is 99.8 Å². The molecular formula is C12H16O3S. The second-order valence-electron chi connectivity index (χ2n) is 3.53. The van der Waals surface area contributed by atoms with Gasteiger partial charge in [-0.3, -0.25) is 4.79 Å². The van der Waals surface area contributed by atoms with Crippen molar-refractivity contribution in [1.82, 2.24) is 0 Å². The van der Waals surface area contributed by atoms with E-state index in [1.54, 1.807) is 13.8 Å². The van der Waals surface area contributed by atoms with Crippen molar-refractivity contribution >= 4 is 17.7 Å². The van der Waals surface area contributed by atoms with Crippen LogP contribution in [0.3, 0.4) is 0 Å². The van der Waals surface area contributed by atoms with E-state index in [1.807, 2.05) is 24.3 Å². The molecular weight excluding hydrogens is 224 g/mol. The van der Waals surface area contributed by atoms with Crippen LogP contribution in [0.1, 0.15) is 25.5 Å². The molecule has 0 radical (unpaired) electrons. The van der Waals surface area contributed by atoms with E-state index in [9.17, 15) is 9.90 Å². The first-order chi connectivity index (χ1) is 7.54. The lowest BCUT2D eigenvalue weighted by atomic mass is 10.1. The highest BCUT2D eigenvalue weighted by atomic mass is 32.2. The van der Waals surface area contributed by atoms with Crippen LogP contribution in [0.25, 0.3) is 0 Å². The zero-order chi connectivity index (χ0) is 12.1. The topological polar surface area (TPSA) is 46.5 Å². The molecule has 0 saturated heterocycles. The molecule has 0 heterocycles. The summed E-state index contributed by atoms with van der Waals surface area (Å²) < 4.78 is 4.65. The molecule has 0 bridgehead atoms. The molecule has 1 aromatic carbocycles. The summed E-state index contributed by atoms with van der Waals surface area (Å²) in [5.74, 6) is -0.243. The number of hydrogen-bond acceptors (Lipinski definition) is 4. The van der Waals surface area contributed by atoms with Gasteiger partial charge in [-0.25, -0.2) is 0 Å². The minimum atomic E-state index is -0.492. The minimum Gasteiger partial charge on any atom is -0.468 e. The fraction of sp³-hybridized carbons (Fsp3) is 0.417. The molecule has 3 nitrogen and oxygen atoms in total. The molecule has 0 fully saturated rings. The molecule has 0 aromatic heterocycles. The Morgan fingerprint density at radius 3 is 2.69 bits per heavy atom. The Morgan fingerprint density at radius 1 is 1.44 bits per heavy atom. The Kier molecular flexibility index (Phi) is 4.83. The summed E-state index contributed by atoms with van der Waals surface area (Å²) in [5.41, 5.74) is 0.849. The van der Waals surface area contributed by atoms with Crippen LogP contribution in [-0.2, 0) is 9.53 Å². The number of aliphatic hydroxyl groups excluding tert-OH is 1. The fourth-order valence-electron chi connectivity index (χ4n) is 1.27. The Bertz CT molecular complexity index is 363. The summed E-state index contributed by atoms with van der Waals surface area (Å²) in [7, 11) is 1.38. The second-order valence-corrected chi connectivity index (χ2v) is 4.95. The lowest BCUT2D eigenvalue weighted by molar-refractivity contribution is -0.139. The van der Waals surface area contributed by atoms with Gasteiger partial charge < -0.3 is 9.84 Å². The van der Waals surface area contributed by atoms with Crippen LogP contribution in [0, 0.1) is 0 Å². The molecule has 2 atom stereocenters. The molecule has 0 saturated carbocycles. The number of aliphatic hydroxyl groups is 1. The Morgan fingerprint density at radius 2 is 2.12 bits per heavy atom. The van der Waals surface area contributed by atoms with Gasteiger partial charge in [0.05, 0.1) is 13.2 Å². The van der Waals surface area contributed by atoms with Gasteiger partial charge in [0.1, 0.15) is 5.25 Å². The number of carbonyl (C=O) groups is 1. The highest BCUT2D eigenvalue weighted by Crippen LogP contribution is 2.26. The number of thioether (sulfide) groups is 1. The van der Waals surface area contributed by atoms with E-state index in [0.717, 1.165) is 10.5 Å². The van der Waals surface area contributed by atoms with Crippen molar-refractivity contribution in [1.29, 1.82) is 0 Å². The van der Waals surface area contributed by atoms with Crippen LogP contribution in [0.5, 0.6) is 0 Å². The third-order valence-corrected chi connectivity index (χ3v) is 3.26. The third kappa shape index (κ3) is 3.54. The maximum absolute atomic E-state index is 11.2. The molecule has 1 rings (SSSR count). The zero-order valence-corrected chi connectivity index (χ0v) is 10.5. The number of ether oxygens (including phenoxy) is 1. The van der Waals surface area contributed by atoms with E-state index in [2.05, 4.69) is 4.74 Å². The van der Waals surface area contributed by atoms with E-state index in [-0.39, 0.29) is 11.2 Å². The number of esters is 1. The summed E-state index contributed by atoms with van der Waals surface area (Å²) in [6.07, 6.45) is -0.492. The second kappa shape index (κ2) is 5.92. The highest BCUT2D eigenvalue weighted by molar-refractivity contribution is 8.00. The van der Waals surface area contributed by atoms with E-state index in [0.29, 0.717) is 0 Å². The average molecular weight is 240 g/mol. The average Bonchev–Trinajstić information content (AvgIpc) is 2.28. The van der Waals surface area contributed by atoms with E-state index in [1.165, 1.54) is 18.9 Å². The van der Waals surface area contributed by atoms with E-state index in [4.69, 9.17) is 0 Å². The van der Waals surface area contributed by atoms with Gasteiger partial charge >= 0.3 is 5.97 Å². The molecule has 0 aliphatic carbocycles. The number of benzene rings is 1. The predicted molar refractivity (Wildman–Crippen MR) is 64.4 cm³/mol. The first-order valence-electron chi connectivity index (χ1n) is 5.07. The highest BCUT2D eigenvalue weighted by Gasteiger charge is 2.14. The smallest absolute Gasteiger partial charge is 0.318 e. The molecule has 0 amide bonds. The van der Waals surface area contributed by atoms with Crippen LogP contribution >= 0.6 is 11.8 Å². The van der Waals surface area contributed by atoms with Crippen molar-refractivity contribution in [3.05, 3.63) is 29.8 Å². The normalized spacial score (nSPS) is 14.2. The monoisotopic (exact) mass is 240 g/mol. The maximum atomic E-state index is 11.2. The molecule has 0 spiro atoms. The molecule has 1 N–H and O–H groups in total. The summed E-state index contributed by atoms with van der Waals surface area (Å²) in [5, 5.41) is 9.20. The zero-order valence-electron chi connectivity index (χ0n) is 9.64. The first-order valence-corrected chi connectivity index (χ1v) is 5.95. The molecule has 88 valence electrons. The summed E-state index contributed by atoms with van der Waals surface area (Å²) >= 11 is 1.42. The Hall–Kier alpha value is -1.00. The van der Waals surface area contributed by atoms with Crippen molar-refractivity contribution in [3.8, 4) is 0 Å². The van der Waals surface area contributed by atoms with Crippen molar-refractivity contribution in [2.24, 2.45) is 0 Å². The van der Waals surface area contributed by atoms with Crippen LogP contribution in [0.4, 0.5) is 0 Å². The third-order valence-electron chi connectivity index (χ3n) is 2.19. The van der Waals surface area contributed by atoms with Crippen LogP contribution < -0.4 is 0 Å². The van der Waals surface area contributed by atoms with Gasteiger partial charge in [-0.1, -0.05) is 12.1 Å². The molecule has 1 aromatic rings. The van der Waals surface area contributed by atoms with Crippen LogP contribution in [-0.4, -0.2) is 23.4 Å². The van der Waals surface area contributed by atoms with E-state index >= 15 is 0 Å². The van der Waals surface area contributed by atoms with Crippen molar-refractivity contribution in [2.45, 2.75) is 30.1 Å². The molecule has 16 heavy (non-hydrogen) atoms. The van der Waals surface area contributed by atoms with Crippen molar-refractivity contribution < 1.29 is 14.6 Å². The largest absolute Gasteiger partial charge is 0.468 e. The molecule has 0 aliphatic rings. The minimum absolute atomic E-state index is 0.241. The summed E-state index contributed by atoms with van der Waals surface area (Å²) in [4.78, 5) is 12.2. The molecule has 4 heteroatoms. The lowest BCUT2D eigenvalue weighted by Crippen LogP contribution is -2.14. The molecule has 2 unspecified atom stereocenters. The van der Waals surface area contributed by atoms with Gasteiger partial charge in [-0.2, -0.15) is 0 Å². The lowest BCUT2D eigenvalue weighted by Gasteiger charge is -2.10. The maximum Gasteiger partial charge on any atom is 0.318 e. The number of rotatable bonds is 4. The van der Waals surface area contributed by atoms with Gasteiger partial charge in [-0.05, 0) is 31.5 Å².